The minimum absolute atomic E-state index is 0.0190. The summed E-state index contributed by atoms with van der Waals surface area (Å²) in [5, 5.41) is 2.02. The summed E-state index contributed by atoms with van der Waals surface area (Å²) in [6.45, 7) is 4.44. The fourth-order valence-electron chi connectivity index (χ4n) is 3.27. The molecular formula is C23H24N2O3S2. The van der Waals surface area contributed by atoms with Crippen molar-refractivity contribution < 1.29 is 13.2 Å². The maximum Gasteiger partial charge on any atom is 0.261 e. The van der Waals surface area contributed by atoms with E-state index in [1.54, 1.807) is 53.8 Å². The summed E-state index contributed by atoms with van der Waals surface area (Å²) >= 11 is 1.65. The average Bonchev–Trinajstić information content (AvgIpc) is 3.43. The van der Waals surface area contributed by atoms with Crippen LogP contribution in [0.4, 0.5) is 5.69 Å². The SMILES string of the molecule is Cc1ccc(S(=O)(=O)Nc2ccc(C(=O)N(Cc3cccs3)C3CC3)cc2)cc1C. The zero-order valence-corrected chi connectivity index (χ0v) is 18.6. The molecule has 3 aromatic rings. The Morgan fingerprint density at radius 3 is 2.40 bits per heavy atom. The molecule has 0 spiro atoms. The smallest absolute Gasteiger partial charge is 0.261 e. The Labute approximate surface area is 181 Å². The van der Waals surface area contributed by atoms with Crippen molar-refractivity contribution in [2.24, 2.45) is 0 Å². The molecular weight excluding hydrogens is 416 g/mol. The second-order valence-corrected chi connectivity index (χ2v) is 10.4. The van der Waals surface area contributed by atoms with E-state index in [1.165, 1.54) is 0 Å². The molecule has 1 saturated carbocycles. The molecule has 156 valence electrons. The van der Waals surface area contributed by atoms with Crippen LogP contribution in [-0.2, 0) is 16.6 Å². The highest BCUT2D eigenvalue weighted by Crippen LogP contribution is 2.31. The number of hydrogen-bond acceptors (Lipinski definition) is 4. The summed E-state index contributed by atoms with van der Waals surface area (Å²) in [6, 6.07) is 16.0. The van der Waals surface area contributed by atoms with Gasteiger partial charge in [0.1, 0.15) is 0 Å². The first kappa shape index (κ1) is 20.6. The molecule has 0 atom stereocenters. The predicted molar refractivity (Wildman–Crippen MR) is 120 cm³/mol. The lowest BCUT2D eigenvalue weighted by molar-refractivity contribution is 0.0731. The van der Waals surface area contributed by atoms with Crippen LogP contribution in [-0.4, -0.2) is 25.3 Å². The molecule has 1 heterocycles. The molecule has 30 heavy (non-hydrogen) atoms. The van der Waals surface area contributed by atoms with Crippen LogP contribution in [0.3, 0.4) is 0 Å². The molecule has 5 nitrogen and oxygen atoms in total. The number of nitrogens with zero attached hydrogens (tertiary/aromatic N) is 1. The van der Waals surface area contributed by atoms with E-state index in [0.717, 1.165) is 28.8 Å². The third-order valence-electron chi connectivity index (χ3n) is 5.33. The van der Waals surface area contributed by atoms with Crippen molar-refractivity contribution in [3.05, 3.63) is 81.5 Å². The van der Waals surface area contributed by atoms with Crippen molar-refractivity contribution in [3.8, 4) is 0 Å². The van der Waals surface area contributed by atoms with Crippen LogP contribution >= 0.6 is 11.3 Å². The lowest BCUT2D eigenvalue weighted by Crippen LogP contribution is -2.32. The molecule has 0 unspecified atom stereocenters. The number of carbonyl (C=O) groups excluding carboxylic acids is 1. The Morgan fingerprint density at radius 2 is 1.80 bits per heavy atom. The Kier molecular flexibility index (Phi) is 5.66. The standard InChI is InChI=1S/C23H24N2O3S2/c1-16-5-12-22(14-17(16)2)30(27,28)24-19-8-6-18(7-9-19)23(26)25(20-10-11-20)15-21-4-3-13-29-21/h3-9,12-14,20,24H,10-11,15H2,1-2H3. The fourth-order valence-corrected chi connectivity index (χ4v) is 5.11. The molecule has 0 bridgehead atoms. The number of sulfonamides is 1. The molecule has 1 aliphatic rings. The van der Waals surface area contributed by atoms with E-state index in [1.807, 2.05) is 36.3 Å². The van der Waals surface area contributed by atoms with Gasteiger partial charge >= 0.3 is 0 Å². The van der Waals surface area contributed by atoms with E-state index in [2.05, 4.69) is 4.72 Å². The molecule has 0 aliphatic heterocycles. The second-order valence-electron chi connectivity index (χ2n) is 7.67. The van der Waals surface area contributed by atoms with Gasteiger partial charge in [-0.3, -0.25) is 9.52 Å². The van der Waals surface area contributed by atoms with Crippen molar-refractivity contribution in [1.82, 2.24) is 4.90 Å². The Hall–Kier alpha value is -2.64. The number of amides is 1. The van der Waals surface area contributed by atoms with Crippen LogP contribution in [0.1, 0.15) is 39.2 Å². The average molecular weight is 441 g/mol. The zero-order valence-electron chi connectivity index (χ0n) is 17.0. The lowest BCUT2D eigenvalue weighted by Gasteiger charge is -2.22. The molecule has 1 aliphatic carbocycles. The fraction of sp³-hybridized carbons (Fsp3) is 0.261. The van der Waals surface area contributed by atoms with Crippen LogP contribution in [0.15, 0.2) is 64.9 Å². The van der Waals surface area contributed by atoms with Crippen LogP contribution in [0.2, 0.25) is 0 Å². The highest BCUT2D eigenvalue weighted by Gasteiger charge is 2.33. The first-order valence-electron chi connectivity index (χ1n) is 9.87. The summed E-state index contributed by atoms with van der Waals surface area (Å²) in [4.78, 5) is 16.3. The van der Waals surface area contributed by atoms with E-state index < -0.39 is 10.0 Å². The first-order valence-corrected chi connectivity index (χ1v) is 12.2. The van der Waals surface area contributed by atoms with Crippen LogP contribution in [0.25, 0.3) is 0 Å². The van der Waals surface area contributed by atoms with Crippen molar-refractivity contribution in [2.75, 3.05) is 4.72 Å². The number of carbonyl (C=O) groups is 1. The quantitative estimate of drug-likeness (QED) is 0.564. The van der Waals surface area contributed by atoms with Gasteiger partial charge in [-0.15, -0.1) is 11.3 Å². The van der Waals surface area contributed by atoms with Gasteiger partial charge in [0.25, 0.3) is 15.9 Å². The summed E-state index contributed by atoms with van der Waals surface area (Å²) in [5.74, 6) is -0.0190. The highest BCUT2D eigenvalue weighted by molar-refractivity contribution is 7.92. The van der Waals surface area contributed by atoms with Crippen molar-refractivity contribution in [1.29, 1.82) is 0 Å². The number of benzene rings is 2. The normalized spacial score (nSPS) is 13.8. The molecule has 7 heteroatoms. The monoisotopic (exact) mass is 440 g/mol. The van der Waals surface area contributed by atoms with Crippen molar-refractivity contribution in [2.45, 2.75) is 44.2 Å². The zero-order chi connectivity index (χ0) is 21.3. The third-order valence-corrected chi connectivity index (χ3v) is 7.57. The Bertz CT molecular complexity index is 1150. The highest BCUT2D eigenvalue weighted by atomic mass is 32.2. The maximum absolute atomic E-state index is 13.0. The predicted octanol–water partition coefficient (Wildman–Crippen LogP) is 4.97. The summed E-state index contributed by atoms with van der Waals surface area (Å²) in [5.41, 5.74) is 2.96. The molecule has 4 rings (SSSR count). The van der Waals surface area contributed by atoms with Gasteiger partial charge in [-0.2, -0.15) is 0 Å². The van der Waals surface area contributed by atoms with E-state index in [0.29, 0.717) is 23.8 Å². The number of nitrogens with one attached hydrogen (secondary N) is 1. The van der Waals surface area contributed by atoms with E-state index in [9.17, 15) is 13.2 Å². The second kappa shape index (κ2) is 8.24. The molecule has 0 saturated heterocycles. The maximum atomic E-state index is 13.0. The minimum atomic E-state index is -3.68. The molecule has 1 N–H and O–H groups in total. The summed E-state index contributed by atoms with van der Waals surface area (Å²) in [6.07, 6.45) is 2.07. The molecule has 1 fully saturated rings. The Morgan fingerprint density at radius 1 is 1.07 bits per heavy atom. The third kappa shape index (κ3) is 4.57. The number of anilines is 1. The summed E-state index contributed by atoms with van der Waals surface area (Å²) in [7, 11) is -3.68. The van der Waals surface area contributed by atoms with Gasteiger partial charge in [0.2, 0.25) is 0 Å². The number of thiophene rings is 1. The van der Waals surface area contributed by atoms with E-state index in [-0.39, 0.29) is 10.8 Å². The largest absolute Gasteiger partial charge is 0.331 e. The number of hydrogen-bond donors (Lipinski definition) is 1. The van der Waals surface area contributed by atoms with E-state index in [4.69, 9.17) is 0 Å². The van der Waals surface area contributed by atoms with Crippen LogP contribution in [0.5, 0.6) is 0 Å². The molecule has 1 aromatic heterocycles. The lowest BCUT2D eigenvalue weighted by atomic mass is 10.1. The topological polar surface area (TPSA) is 66.5 Å². The van der Waals surface area contributed by atoms with Crippen LogP contribution < -0.4 is 4.72 Å². The van der Waals surface area contributed by atoms with Gasteiger partial charge < -0.3 is 4.90 Å². The Balaban J connectivity index is 1.49. The molecule has 1 amide bonds. The molecule has 2 aromatic carbocycles. The van der Waals surface area contributed by atoms with E-state index >= 15 is 0 Å². The van der Waals surface area contributed by atoms with Crippen molar-refractivity contribution in [3.63, 3.8) is 0 Å². The number of aryl methyl sites for hydroxylation is 2. The first-order chi connectivity index (χ1) is 14.3. The van der Waals surface area contributed by atoms with Gasteiger partial charge in [0, 0.05) is 22.2 Å². The number of rotatable bonds is 7. The summed E-state index contributed by atoms with van der Waals surface area (Å²) < 4.78 is 28.0. The van der Waals surface area contributed by atoms with Crippen molar-refractivity contribution >= 4 is 33.0 Å². The van der Waals surface area contributed by atoms with Gasteiger partial charge in [0.05, 0.1) is 11.4 Å². The van der Waals surface area contributed by atoms with Gasteiger partial charge in [-0.1, -0.05) is 12.1 Å². The van der Waals surface area contributed by atoms with Gasteiger partial charge in [0.15, 0.2) is 0 Å². The van der Waals surface area contributed by atoms with Gasteiger partial charge in [-0.05, 0) is 85.7 Å². The van der Waals surface area contributed by atoms with Crippen LogP contribution in [0, 0.1) is 13.8 Å². The van der Waals surface area contributed by atoms with Gasteiger partial charge in [-0.25, -0.2) is 8.42 Å². The molecule has 0 radical (unpaired) electrons. The minimum Gasteiger partial charge on any atom is -0.331 e.